The summed E-state index contributed by atoms with van der Waals surface area (Å²) in [5.74, 6) is -1.68. The van der Waals surface area contributed by atoms with Gasteiger partial charge in [0.2, 0.25) is 0 Å². The molecule has 1 atom stereocenters. The summed E-state index contributed by atoms with van der Waals surface area (Å²) in [6.45, 7) is 1.45. The van der Waals surface area contributed by atoms with Crippen LogP contribution < -0.4 is 5.32 Å². The van der Waals surface area contributed by atoms with Crippen molar-refractivity contribution in [3.63, 3.8) is 0 Å². The molecule has 1 N–H and O–H groups in total. The van der Waals surface area contributed by atoms with Crippen molar-refractivity contribution in [1.29, 1.82) is 0 Å². The summed E-state index contributed by atoms with van der Waals surface area (Å²) in [6, 6.07) is 5.39. The van der Waals surface area contributed by atoms with Gasteiger partial charge in [-0.3, -0.25) is 4.79 Å². The number of anilines is 1. The van der Waals surface area contributed by atoms with Crippen LogP contribution in [0, 0.1) is 5.82 Å². The van der Waals surface area contributed by atoms with E-state index in [1.807, 2.05) is 0 Å². The highest BCUT2D eigenvalue weighted by molar-refractivity contribution is 7.08. The Balaban J connectivity index is 1.96. The molecule has 0 bridgehead atoms. The molecule has 1 amide bonds. The van der Waals surface area contributed by atoms with Gasteiger partial charge in [0.25, 0.3) is 5.91 Å². The van der Waals surface area contributed by atoms with Gasteiger partial charge in [0, 0.05) is 11.1 Å². The van der Waals surface area contributed by atoms with Crippen LogP contribution in [0.3, 0.4) is 0 Å². The average Bonchev–Trinajstić information content (AvgIpc) is 2.97. The molecule has 0 fully saturated rings. The average molecular weight is 328 g/mol. The van der Waals surface area contributed by atoms with E-state index in [0.29, 0.717) is 11.3 Å². The second-order valence-corrected chi connectivity index (χ2v) is 5.36. The summed E-state index contributed by atoms with van der Waals surface area (Å²) in [7, 11) is 0. The number of rotatable bonds is 4. The van der Waals surface area contributed by atoms with Crippen molar-refractivity contribution < 1.29 is 18.7 Å². The molecule has 0 aliphatic carbocycles. The summed E-state index contributed by atoms with van der Waals surface area (Å²) >= 11 is 6.98. The summed E-state index contributed by atoms with van der Waals surface area (Å²) in [6.07, 6.45) is -0.985. The number of halogens is 2. The number of carbonyl (C=O) groups is 2. The van der Waals surface area contributed by atoms with Gasteiger partial charge in [0.1, 0.15) is 5.82 Å². The van der Waals surface area contributed by atoms with Crippen molar-refractivity contribution in [3.8, 4) is 0 Å². The maximum Gasteiger partial charge on any atom is 0.339 e. The van der Waals surface area contributed by atoms with Crippen molar-refractivity contribution >= 4 is 40.5 Å². The number of esters is 1. The lowest BCUT2D eigenvalue weighted by Gasteiger charge is -2.13. The van der Waals surface area contributed by atoms with E-state index in [2.05, 4.69) is 5.32 Å². The fourth-order valence-electron chi connectivity index (χ4n) is 1.48. The SMILES string of the molecule is C[C@H](OC(=O)c1ccsc1)C(=O)Nc1ccc(F)c(Cl)c1. The van der Waals surface area contributed by atoms with Gasteiger partial charge in [-0.1, -0.05) is 11.6 Å². The van der Waals surface area contributed by atoms with Gasteiger partial charge in [-0.25, -0.2) is 9.18 Å². The molecule has 2 rings (SSSR count). The van der Waals surface area contributed by atoms with Crippen molar-refractivity contribution in [2.24, 2.45) is 0 Å². The molecule has 2 aromatic rings. The summed E-state index contributed by atoms with van der Waals surface area (Å²) in [5.41, 5.74) is 0.717. The van der Waals surface area contributed by atoms with Gasteiger partial charge < -0.3 is 10.1 Å². The molecule has 0 saturated carbocycles. The first kappa shape index (κ1) is 15.5. The molecule has 1 heterocycles. The fraction of sp³-hybridized carbons (Fsp3) is 0.143. The lowest BCUT2D eigenvalue weighted by atomic mass is 10.3. The third-order valence-electron chi connectivity index (χ3n) is 2.60. The molecule has 0 aliphatic heterocycles. The smallest absolute Gasteiger partial charge is 0.339 e. The second kappa shape index (κ2) is 6.69. The van der Waals surface area contributed by atoms with Crippen LogP contribution in [0.15, 0.2) is 35.0 Å². The molecular weight excluding hydrogens is 317 g/mol. The van der Waals surface area contributed by atoms with Crippen molar-refractivity contribution in [2.45, 2.75) is 13.0 Å². The fourth-order valence-corrected chi connectivity index (χ4v) is 2.29. The lowest BCUT2D eigenvalue weighted by molar-refractivity contribution is -0.123. The minimum atomic E-state index is -0.985. The number of ether oxygens (including phenoxy) is 1. The van der Waals surface area contributed by atoms with Crippen molar-refractivity contribution in [2.75, 3.05) is 5.32 Å². The van der Waals surface area contributed by atoms with Crippen LogP contribution >= 0.6 is 22.9 Å². The van der Waals surface area contributed by atoms with E-state index in [9.17, 15) is 14.0 Å². The minimum Gasteiger partial charge on any atom is -0.449 e. The Morgan fingerprint density at radius 1 is 1.38 bits per heavy atom. The quantitative estimate of drug-likeness (QED) is 0.871. The van der Waals surface area contributed by atoms with Crippen LogP contribution in [0.2, 0.25) is 5.02 Å². The maximum atomic E-state index is 13.0. The predicted molar refractivity (Wildman–Crippen MR) is 79.2 cm³/mol. The van der Waals surface area contributed by atoms with Crippen molar-refractivity contribution in [3.05, 3.63) is 51.4 Å². The van der Waals surface area contributed by atoms with E-state index in [1.54, 1.807) is 16.8 Å². The third kappa shape index (κ3) is 4.03. The topological polar surface area (TPSA) is 55.4 Å². The van der Waals surface area contributed by atoms with E-state index in [0.717, 1.165) is 6.07 Å². The number of nitrogens with one attached hydrogen (secondary N) is 1. The number of hydrogen-bond donors (Lipinski definition) is 1. The normalized spacial score (nSPS) is 11.8. The summed E-state index contributed by atoms with van der Waals surface area (Å²) in [4.78, 5) is 23.6. The molecule has 0 radical (unpaired) electrons. The first-order valence-corrected chi connectivity index (χ1v) is 7.28. The van der Waals surface area contributed by atoms with E-state index in [-0.39, 0.29) is 5.02 Å². The highest BCUT2D eigenvalue weighted by Crippen LogP contribution is 2.19. The maximum absolute atomic E-state index is 13.0. The van der Waals surface area contributed by atoms with Gasteiger partial charge >= 0.3 is 5.97 Å². The van der Waals surface area contributed by atoms with Gasteiger partial charge in [-0.05, 0) is 36.6 Å². The molecule has 0 saturated heterocycles. The standard InChI is InChI=1S/C14H11ClFNO3S/c1-8(20-14(19)9-4-5-21-7-9)13(18)17-10-2-3-12(16)11(15)6-10/h2-8H,1H3,(H,17,18)/t8-/m0/s1. The Morgan fingerprint density at radius 3 is 2.76 bits per heavy atom. The first-order chi connectivity index (χ1) is 9.97. The summed E-state index contributed by atoms with van der Waals surface area (Å²) < 4.78 is 18.0. The van der Waals surface area contributed by atoms with E-state index >= 15 is 0 Å². The van der Waals surface area contributed by atoms with Crippen molar-refractivity contribution in [1.82, 2.24) is 0 Å². The monoisotopic (exact) mass is 327 g/mol. The van der Waals surface area contributed by atoms with E-state index < -0.39 is 23.8 Å². The van der Waals surface area contributed by atoms with Crippen LogP contribution in [0.1, 0.15) is 17.3 Å². The minimum absolute atomic E-state index is 0.101. The second-order valence-electron chi connectivity index (χ2n) is 4.18. The van der Waals surface area contributed by atoms with Gasteiger partial charge in [-0.2, -0.15) is 11.3 Å². The Morgan fingerprint density at radius 2 is 2.14 bits per heavy atom. The Labute approximate surface area is 129 Å². The first-order valence-electron chi connectivity index (χ1n) is 5.96. The van der Waals surface area contributed by atoms with Gasteiger partial charge in [0.15, 0.2) is 6.10 Å². The third-order valence-corrected chi connectivity index (χ3v) is 3.57. The van der Waals surface area contributed by atoms with Crippen LogP contribution in [0.25, 0.3) is 0 Å². The summed E-state index contributed by atoms with van der Waals surface area (Å²) in [5, 5.41) is 5.76. The predicted octanol–water partition coefficient (Wildman–Crippen LogP) is 3.72. The number of amides is 1. The Kier molecular flexibility index (Phi) is 4.93. The molecule has 0 spiro atoms. The lowest BCUT2D eigenvalue weighted by Crippen LogP contribution is -2.29. The zero-order valence-electron chi connectivity index (χ0n) is 10.9. The molecule has 21 heavy (non-hydrogen) atoms. The molecular formula is C14H11ClFNO3S. The molecule has 0 aliphatic rings. The zero-order valence-corrected chi connectivity index (χ0v) is 12.5. The Hall–Kier alpha value is -1.92. The Bertz CT molecular complexity index is 660. The molecule has 0 unspecified atom stereocenters. The van der Waals surface area contributed by atoms with Crippen LogP contribution in [-0.2, 0) is 9.53 Å². The van der Waals surface area contributed by atoms with Crippen LogP contribution in [0.5, 0.6) is 0 Å². The molecule has 7 heteroatoms. The highest BCUT2D eigenvalue weighted by Gasteiger charge is 2.19. The molecule has 110 valence electrons. The molecule has 4 nitrogen and oxygen atoms in total. The number of carbonyl (C=O) groups excluding carboxylic acids is 2. The largest absolute Gasteiger partial charge is 0.449 e. The van der Waals surface area contributed by atoms with E-state index in [1.165, 1.54) is 30.4 Å². The van der Waals surface area contributed by atoms with Crippen LogP contribution in [0.4, 0.5) is 10.1 Å². The zero-order chi connectivity index (χ0) is 15.4. The van der Waals surface area contributed by atoms with E-state index in [4.69, 9.17) is 16.3 Å². The molecule has 1 aromatic heterocycles. The highest BCUT2D eigenvalue weighted by atomic mass is 35.5. The number of thiophene rings is 1. The van der Waals surface area contributed by atoms with Gasteiger partial charge in [-0.15, -0.1) is 0 Å². The van der Waals surface area contributed by atoms with Crippen LogP contribution in [-0.4, -0.2) is 18.0 Å². The number of hydrogen-bond acceptors (Lipinski definition) is 4. The molecule has 1 aromatic carbocycles. The van der Waals surface area contributed by atoms with Gasteiger partial charge in [0.05, 0.1) is 10.6 Å². The number of benzene rings is 1.